The molecule has 0 aliphatic heterocycles. The molecule has 0 saturated carbocycles. The number of ether oxygens (including phenoxy) is 2. The normalized spacial score (nSPS) is 11.4. The summed E-state index contributed by atoms with van der Waals surface area (Å²) < 4.78 is 34.2. The van der Waals surface area contributed by atoms with Crippen molar-refractivity contribution < 1.29 is 18.3 Å². The number of alkyl halides is 2. The van der Waals surface area contributed by atoms with Gasteiger partial charge in [-0.1, -0.05) is 23.7 Å². The van der Waals surface area contributed by atoms with Crippen molar-refractivity contribution in [3.63, 3.8) is 0 Å². The number of fused-ring (bicyclic) bond motifs is 1. The molecule has 0 fully saturated rings. The number of methoxy groups -OCH3 is 1. The molecule has 0 saturated heterocycles. The molecule has 0 spiro atoms. The van der Waals surface area contributed by atoms with Crippen LogP contribution in [0, 0.1) is 0 Å². The maximum atomic E-state index is 12.4. The number of nitrogens with zero attached hydrogens (tertiary/aromatic N) is 2. The molecule has 2 N–H and O–H groups in total. The molecule has 2 aromatic carbocycles. The Balaban J connectivity index is 1.77. The summed E-state index contributed by atoms with van der Waals surface area (Å²) in [5, 5.41) is 4.03. The van der Waals surface area contributed by atoms with Gasteiger partial charge in [0, 0.05) is 0 Å². The summed E-state index contributed by atoms with van der Waals surface area (Å²) in [4.78, 5) is 7.36. The minimum absolute atomic E-state index is 0.00941. The average Bonchev–Trinajstić information content (AvgIpc) is 2.99. The summed E-state index contributed by atoms with van der Waals surface area (Å²) in [6, 6.07) is 10.5. The number of rotatable bonds is 6. The Kier molecular flexibility index (Phi) is 4.99. The van der Waals surface area contributed by atoms with E-state index in [1.807, 2.05) is 24.3 Å². The smallest absolute Gasteiger partial charge is 0.387 e. The zero-order chi connectivity index (χ0) is 17.8. The van der Waals surface area contributed by atoms with Crippen LogP contribution < -0.4 is 14.9 Å². The molecule has 3 aromatic rings. The van der Waals surface area contributed by atoms with Gasteiger partial charge in [-0.2, -0.15) is 13.9 Å². The number of hydrazone groups is 1. The van der Waals surface area contributed by atoms with Gasteiger partial charge in [0.1, 0.15) is 0 Å². The zero-order valence-corrected chi connectivity index (χ0v) is 13.7. The van der Waals surface area contributed by atoms with Crippen LogP contribution in [-0.4, -0.2) is 29.9 Å². The van der Waals surface area contributed by atoms with E-state index in [9.17, 15) is 8.78 Å². The SMILES string of the molecule is COc1cc(/C=N\Nc2nc3ccccc3[nH]2)cc(Cl)c1OC(F)F. The summed E-state index contributed by atoms with van der Waals surface area (Å²) >= 11 is 5.97. The van der Waals surface area contributed by atoms with Crippen LogP contribution in [0.15, 0.2) is 41.5 Å². The number of halogens is 3. The lowest BCUT2D eigenvalue weighted by atomic mass is 10.2. The van der Waals surface area contributed by atoms with Gasteiger partial charge < -0.3 is 14.5 Å². The van der Waals surface area contributed by atoms with Gasteiger partial charge in [-0.05, 0) is 29.8 Å². The third-order valence-corrected chi connectivity index (χ3v) is 3.51. The van der Waals surface area contributed by atoms with E-state index in [0.29, 0.717) is 11.5 Å². The summed E-state index contributed by atoms with van der Waals surface area (Å²) in [7, 11) is 1.33. The first-order valence-corrected chi connectivity index (χ1v) is 7.51. The number of H-pyrrole nitrogens is 1. The number of para-hydroxylation sites is 2. The lowest BCUT2D eigenvalue weighted by Gasteiger charge is -2.12. The van der Waals surface area contributed by atoms with Crippen molar-refractivity contribution in [3.8, 4) is 11.5 Å². The Labute approximate surface area is 146 Å². The molecule has 0 unspecified atom stereocenters. The van der Waals surface area contributed by atoms with Crippen molar-refractivity contribution in [2.45, 2.75) is 6.61 Å². The molecule has 0 amide bonds. The highest BCUT2D eigenvalue weighted by atomic mass is 35.5. The van der Waals surface area contributed by atoms with Crippen molar-refractivity contribution >= 4 is 34.8 Å². The molecular formula is C16H13ClF2N4O2. The van der Waals surface area contributed by atoms with Crippen LogP contribution in [0.4, 0.5) is 14.7 Å². The van der Waals surface area contributed by atoms with Crippen LogP contribution in [0.3, 0.4) is 0 Å². The number of nitrogens with one attached hydrogen (secondary N) is 2. The molecule has 0 bridgehead atoms. The first kappa shape index (κ1) is 17.0. The zero-order valence-electron chi connectivity index (χ0n) is 13.0. The average molecular weight is 367 g/mol. The van der Waals surface area contributed by atoms with Gasteiger partial charge in [0.2, 0.25) is 5.95 Å². The van der Waals surface area contributed by atoms with Crippen LogP contribution in [0.25, 0.3) is 11.0 Å². The number of benzene rings is 2. The molecular weight excluding hydrogens is 354 g/mol. The number of hydrogen-bond donors (Lipinski definition) is 2. The van der Waals surface area contributed by atoms with E-state index >= 15 is 0 Å². The Hall–Kier alpha value is -2.87. The summed E-state index contributed by atoms with van der Waals surface area (Å²) in [5.74, 6) is 0.327. The van der Waals surface area contributed by atoms with E-state index in [2.05, 4.69) is 25.2 Å². The molecule has 130 valence electrons. The second-order valence-electron chi connectivity index (χ2n) is 4.89. The predicted octanol–water partition coefficient (Wildman–Crippen LogP) is 4.27. The highest BCUT2D eigenvalue weighted by Gasteiger charge is 2.15. The standard InChI is InChI=1S/C16H13ClF2N4O2/c1-24-13-7-9(6-10(17)14(13)25-15(18)19)8-20-23-16-21-11-4-2-3-5-12(11)22-16/h2-8,15H,1H3,(H2,21,22,23)/b20-8-. The van der Waals surface area contributed by atoms with Gasteiger partial charge in [-0.3, -0.25) is 0 Å². The van der Waals surface area contributed by atoms with Crippen LogP contribution in [0.1, 0.15) is 5.56 Å². The molecule has 0 aliphatic rings. The van der Waals surface area contributed by atoms with Gasteiger partial charge in [0.15, 0.2) is 11.5 Å². The second-order valence-corrected chi connectivity index (χ2v) is 5.29. The third kappa shape index (κ3) is 3.97. The fourth-order valence-corrected chi connectivity index (χ4v) is 2.46. The summed E-state index contributed by atoms with van der Waals surface area (Å²) in [6.07, 6.45) is 1.45. The molecule has 1 aromatic heterocycles. The lowest BCUT2D eigenvalue weighted by Crippen LogP contribution is -2.04. The third-order valence-electron chi connectivity index (χ3n) is 3.23. The number of aromatic amines is 1. The van der Waals surface area contributed by atoms with Crippen LogP contribution in [0.5, 0.6) is 11.5 Å². The van der Waals surface area contributed by atoms with Crippen molar-refractivity contribution in [2.75, 3.05) is 12.5 Å². The summed E-state index contributed by atoms with van der Waals surface area (Å²) in [5.41, 5.74) is 4.97. The van der Waals surface area contributed by atoms with Crippen molar-refractivity contribution in [1.29, 1.82) is 0 Å². The minimum atomic E-state index is -3.00. The highest BCUT2D eigenvalue weighted by Crippen LogP contribution is 2.37. The number of aromatic nitrogens is 2. The van der Waals surface area contributed by atoms with E-state index in [1.165, 1.54) is 25.5 Å². The minimum Gasteiger partial charge on any atom is -0.493 e. The maximum absolute atomic E-state index is 12.4. The number of anilines is 1. The van der Waals surface area contributed by atoms with E-state index in [4.69, 9.17) is 16.3 Å². The first-order valence-electron chi connectivity index (χ1n) is 7.13. The fourth-order valence-electron chi connectivity index (χ4n) is 2.19. The van der Waals surface area contributed by atoms with Crippen molar-refractivity contribution in [2.24, 2.45) is 5.10 Å². The Morgan fingerprint density at radius 2 is 2.12 bits per heavy atom. The molecule has 1 heterocycles. The summed E-state index contributed by atoms with van der Waals surface area (Å²) in [6.45, 7) is -3.00. The molecule has 0 atom stereocenters. The molecule has 3 rings (SSSR count). The quantitative estimate of drug-likeness (QED) is 0.504. The Morgan fingerprint density at radius 1 is 1.32 bits per heavy atom. The van der Waals surface area contributed by atoms with E-state index in [-0.39, 0.29) is 16.5 Å². The van der Waals surface area contributed by atoms with Gasteiger partial charge in [-0.25, -0.2) is 10.4 Å². The topological polar surface area (TPSA) is 71.5 Å². The van der Waals surface area contributed by atoms with Crippen LogP contribution in [-0.2, 0) is 0 Å². The first-order chi connectivity index (χ1) is 12.1. The van der Waals surface area contributed by atoms with Gasteiger partial charge in [0.05, 0.1) is 29.4 Å². The molecule has 0 aliphatic carbocycles. The van der Waals surface area contributed by atoms with Crippen molar-refractivity contribution in [3.05, 3.63) is 47.0 Å². The van der Waals surface area contributed by atoms with E-state index in [0.717, 1.165) is 11.0 Å². The van der Waals surface area contributed by atoms with Gasteiger partial charge >= 0.3 is 6.61 Å². The molecule has 0 radical (unpaired) electrons. The van der Waals surface area contributed by atoms with E-state index in [1.54, 1.807) is 0 Å². The largest absolute Gasteiger partial charge is 0.493 e. The van der Waals surface area contributed by atoms with E-state index < -0.39 is 6.61 Å². The van der Waals surface area contributed by atoms with Gasteiger partial charge in [-0.15, -0.1) is 0 Å². The predicted molar refractivity (Wildman–Crippen MR) is 91.9 cm³/mol. The second kappa shape index (κ2) is 7.35. The maximum Gasteiger partial charge on any atom is 0.387 e. The lowest BCUT2D eigenvalue weighted by molar-refractivity contribution is -0.0511. The van der Waals surface area contributed by atoms with Crippen LogP contribution >= 0.6 is 11.6 Å². The molecule has 9 heteroatoms. The Morgan fingerprint density at radius 3 is 2.84 bits per heavy atom. The molecule has 6 nitrogen and oxygen atoms in total. The highest BCUT2D eigenvalue weighted by molar-refractivity contribution is 6.32. The fraction of sp³-hybridized carbons (Fsp3) is 0.125. The number of hydrogen-bond acceptors (Lipinski definition) is 5. The number of imidazole rings is 1. The monoisotopic (exact) mass is 366 g/mol. The van der Waals surface area contributed by atoms with Crippen LogP contribution in [0.2, 0.25) is 5.02 Å². The van der Waals surface area contributed by atoms with Crippen molar-refractivity contribution in [1.82, 2.24) is 9.97 Å². The Bertz CT molecular complexity index is 881. The van der Waals surface area contributed by atoms with Gasteiger partial charge in [0.25, 0.3) is 0 Å². The molecule has 25 heavy (non-hydrogen) atoms.